The SMILES string of the molecule is CC(C)N(Cc1cc(Cl)cc(Cl)c1O)CC1CCCCN1. The van der Waals surface area contributed by atoms with Crippen LogP contribution in [0.4, 0.5) is 0 Å². The number of halogens is 2. The quantitative estimate of drug-likeness (QED) is 0.854. The first-order valence-electron chi connectivity index (χ1n) is 7.61. The lowest BCUT2D eigenvalue weighted by molar-refractivity contribution is 0.175. The molecular formula is C16H24Cl2N2O. The molecule has 1 atom stereocenters. The van der Waals surface area contributed by atoms with Gasteiger partial charge in [-0.05, 0) is 45.4 Å². The zero-order valence-corrected chi connectivity index (χ0v) is 14.2. The van der Waals surface area contributed by atoms with Crippen molar-refractivity contribution in [2.45, 2.75) is 51.7 Å². The smallest absolute Gasteiger partial charge is 0.138 e. The number of aromatic hydroxyl groups is 1. The molecule has 0 spiro atoms. The fraction of sp³-hybridized carbons (Fsp3) is 0.625. The van der Waals surface area contributed by atoms with Crippen molar-refractivity contribution in [1.82, 2.24) is 10.2 Å². The minimum atomic E-state index is 0.142. The Hall–Kier alpha value is -0.480. The number of hydrogen-bond acceptors (Lipinski definition) is 3. The first-order chi connectivity index (χ1) is 9.97. The lowest BCUT2D eigenvalue weighted by Gasteiger charge is -2.33. The van der Waals surface area contributed by atoms with Gasteiger partial charge in [-0.3, -0.25) is 4.90 Å². The van der Waals surface area contributed by atoms with Gasteiger partial charge >= 0.3 is 0 Å². The number of benzene rings is 1. The summed E-state index contributed by atoms with van der Waals surface area (Å²) >= 11 is 12.1. The van der Waals surface area contributed by atoms with E-state index in [9.17, 15) is 5.11 Å². The van der Waals surface area contributed by atoms with Crippen LogP contribution in [0, 0.1) is 0 Å². The summed E-state index contributed by atoms with van der Waals surface area (Å²) in [6, 6.07) is 4.29. The summed E-state index contributed by atoms with van der Waals surface area (Å²) < 4.78 is 0. The molecule has 1 aliphatic heterocycles. The van der Waals surface area contributed by atoms with Crippen LogP contribution in [-0.2, 0) is 6.54 Å². The van der Waals surface area contributed by atoms with E-state index in [1.807, 2.05) is 0 Å². The average Bonchev–Trinajstić information content (AvgIpc) is 2.44. The molecular weight excluding hydrogens is 307 g/mol. The molecule has 1 fully saturated rings. The third-order valence-corrected chi connectivity index (χ3v) is 4.58. The first kappa shape index (κ1) is 16.9. The van der Waals surface area contributed by atoms with E-state index >= 15 is 0 Å². The van der Waals surface area contributed by atoms with Crippen molar-refractivity contribution in [2.24, 2.45) is 0 Å². The molecule has 1 unspecified atom stereocenters. The zero-order valence-electron chi connectivity index (χ0n) is 12.7. The molecule has 3 nitrogen and oxygen atoms in total. The predicted octanol–water partition coefficient (Wildman–Crippen LogP) is 4.05. The number of nitrogens with one attached hydrogen (secondary N) is 1. The average molecular weight is 331 g/mol. The summed E-state index contributed by atoms with van der Waals surface area (Å²) in [6.07, 6.45) is 3.77. The highest BCUT2D eigenvalue weighted by molar-refractivity contribution is 6.35. The van der Waals surface area contributed by atoms with Gasteiger partial charge in [-0.1, -0.05) is 29.6 Å². The van der Waals surface area contributed by atoms with Crippen molar-refractivity contribution in [3.63, 3.8) is 0 Å². The van der Waals surface area contributed by atoms with E-state index < -0.39 is 0 Å². The Morgan fingerprint density at radius 1 is 1.33 bits per heavy atom. The molecule has 5 heteroatoms. The molecule has 0 radical (unpaired) electrons. The van der Waals surface area contributed by atoms with Crippen molar-refractivity contribution in [2.75, 3.05) is 13.1 Å². The first-order valence-corrected chi connectivity index (χ1v) is 8.37. The Morgan fingerprint density at radius 3 is 2.71 bits per heavy atom. The van der Waals surface area contributed by atoms with Gasteiger partial charge in [-0.2, -0.15) is 0 Å². The van der Waals surface area contributed by atoms with Gasteiger partial charge in [0.1, 0.15) is 5.75 Å². The summed E-state index contributed by atoms with van der Waals surface area (Å²) in [4.78, 5) is 2.35. The summed E-state index contributed by atoms with van der Waals surface area (Å²) in [6.45, 7) is 7.08. The maximum absolute atomic E-state index is 10.1. The third kappa shape index (κ3) is 4.75. The monoisotopic (exact) mass is 330 g/mol. The Kier molecular flexibility index (Phi) is 6.18. The number of piperidine rings is 1. The summed E-state index contributed by atoms with van der Waals surface area (Å²) in [7, 11) is 0. The van der Waals surface area contributed by atoms with Crippen molar-refractivity contribution >= 4 is 23.2 Å². The molecule has 0 amide bonds. The van der Waals surface area contributed by atoms with E-state index in [1.54, 1.807) is 12.1 Å². The lowest BCUT2D eigenvalue weighted by Crippen LogP contribution is -2.45. The van der Waals surface area contributed by atoms with E-state index in [4.69, 9.17) is 23.2 Å². The summed E-state index contributed by atoms with van der Waals surface area (Å²) in [5, 5.41) is 14.6. The fourth-order valence-corrected chi connectivity index (χ4v) is 3.32. The van der Waals surface area contributed by atoms with Gasteiger partial charge in [-0.25, -0.2) is 0 Å². The van der Waals surface area contributed by atoms with E-state index in [1.165, 1.54) is 19.3 Å². The highest BCUT2D eigenvalue weighted by atomic mass is 35.5. The molecule has 0 bridgehead atoms. The van der Waals surface area contributed by atoms with E-state index in [-0.39, 0.29) is 5.75 Å². The normalized spacial score (nSPS) is 19.4. The van der Waals surface area contributed by atoms with Gasteiger partial charge in [0.15, 0.2) is 0 Å². The predicted molar refractivity (Wildman–Crippen MR) is 89.3 cm³/mol. The molecule has 1 saturated heterocycles. The fourth-order valence-electron chi connectivity index (χ4n) is 2.78. The van der Waals surface area contributed by atoms with Gasteiger partial charge in [-0.15, -0.1) is 0 Å². The minimum Gasteiger partial charge on any atom is -0.506 e. The van der Waals surface area contributed by atoms with Crippen LogP contribution in [0.15, 0.2) is 12.1 Å². The van der Waals surface area contributed by atoms with Gasteiger partial charge in [0, 0.05) is 35.8 Å². The Labute approximate surface area is 137 Å². The van der Waals surface area contributed by atoms with Crippen molar-refractivity contribution < 1.29 is 5.11 Å². The van der Waals surface area contributed by atoms with Crippen molar-refractivity contribution in [1.29, 1.82) is 0 Å². The van der Waals surface area contributed by atoms with Gasteiger partial charge in [0.05, 0.1) is 5.02 Å². The number of rotatable bonds is 5. The number of phenolic OH excluding ortho intramolecular Hbond substituents is 1. The molecule has 1 heterocycles. The third-order valence-electron chi connectivity index (χ3n) is 4.08. The van der Waals surface area contributed by atoms with E-state index in [2.05, 4.69) is 24.1 Å². The van der Waals surface area contributed by atoms with Crippen molar-refractivity contribution in [3.05, 3.63) is 27.7 Å². The highest BCUT2D eigenvalue weighted by Crippen LogP contribution is 2.32. The molecule has 2 N–H and O–H groups in total. The number of phenols is 1. The summed E-state index contributed by atoms with van der Waals surface area (Å²) in [5.74, 6) is 0.142. The van der Waals surface area contributed by atoms with Crippen molar-refractivity contribution in [3.8, 4) is 5.75 Å². The van der Waals surface area contributed by atoms with Crippen LogP contribution in [0.2, 0.25) is 10.0 Å². The molecule has 0 aliphatic carbocycles. The standard InChI is InChI=1S/C16H24Cl2N2O/c1-11(2)20(10-14-5-3-4-6-19-14)9-12-7-13(17)8-15(18)16(12)21/h7-8,11,14,19,21H,3-6,9-10H2,1-2H3. The number of hydrogen-bond donors (Lipinski definition) is 2. The van der Waals surface area contributed by atoms with Crippen LogP contribution in [0.3, 0.4) is 0 Å². The maximum Gasteiger partial charge on any atom is 0.138 e. The van der Waals surface area contributed by atoms with Gasteiger partial charge in [0.2, 0.25) is 0 Å². The summed E-state index contributed by atoms with van der Waals surface area (Å²) in [5.41, 5.74) is 0.789. The second kappa shape index (κ2) is 7.68. The molecule has 118 valence electrons. The second-order valence-electron chi connectivity index (χ2n) is 6.07. The van der Waals surface area contributed by atoms with Crippen LogP contribution in [0.5, 0.6) is 5.75 Å². The molecule has 21 heavy (non-hydrogen) atoms. The Balaban J connectivity index is 2.09. The van der Waals surface area contributed by atoms with Crippen LogP contribution in [0.1, 0.15) is 38.7 Å². The maximum atomic E-state index is 10.1. The van der Waals surface area contributed by atoms with E-state index in [0.29, 0.717) is 28.7 Å². The topological polar surface area (TPSA) is 35.5 Å². The van der Waals surface area contributed by atoms with E-state index in [0.717, 1.165) is 18.7 Å². The molecule has 0 saturated carbocycles. The Morgan fingerprint density at radius 2 is 2.10 bits per heavy atom. The van der Waals surface area contributed by atoms with Crippen LogP contribution in [-0.4, -0.2) is 35.2 Å². The van der Waals surface area contributed by atoms with Gasteiger partial charge in [0.25, 0.3) is 0 Å². The van der Waals surface area contributed by atoms with Crippen LogP contribution >= 0.6 is 23.2 Å². The van der Waals surface area contributed by atoms with Crippen LogP contribution < -0.4 is 5.32 Å². The second-order valence-corrected chi connectivity index (χ2v) is 6.91. The molecule has 1 aromatic rings. The molecule has 1 aromatic carbocycles. The molecule has 1 aliphatic rings. The Bertz CT molecular complexity index is 474. The van der Waals surface area contributed by atoms with Crippen LogP contribution in [0.25, 0.3) is 0 Å². The number of nitrogens with zero attached hydrogens (tertiary/aromatic N) is 1. The largest absolute Gasteiger partial charge is 0.506 e. The molecule has 2 rings (SSSR count). The zero-order chi connectivity index (χ0) is 15.4. The minimum absolute atomic E-state index is 0.142. The molecule has 0 aromatic heterocycles. The van der Waals surface area contributed by atoms with Gasteiger partial charge < -0.3 is 10.4 Å². The highest BCUT2D eigenvalue weighted by Gasteiger charge is 2.20. The lowest BCUT2D eigenvalue weighted by atomic mass is 10.0.